The van der Waals surface area contributed by atoms with Crippen LogP contribution >= 0.6 is 11.6 Å². The van der Waals surface area contributed by atoms with Crippen molar-refractivity contribution in [2.45, 2.75) is 19.3 Å². The molecule has 8 rings (SSSR count). The Morgan fingerprint density at radius 3 is 2.36 bits per heavy atom. The highest BCUT2D eigenvalue weighted by Gasteiger charge is 2.40. The lowest BCUT2D eigenvalue weighted by Crippen LogP contribution is -2.16. The van der Waals surface area contributed by atoms with Crippen LogP contribution in [0.2, 0.25) is 5.02 Å². The van der Waals surface area contributed by atoms with Crippen LogP contribution in [0.1, 0.15) is 25.0 Å². The molecule has 0 N–H and O–H groups in total. The lowest BCUT2D eigenvalue weighted by molar-refractivity contribution is 0.662. The fourth-order valence-corrected chi connectivity index (χ4v) is 6.68. The number of benzene rings is 5. The minimum atomic E-state index is -0.117. The highest BCUT2D eigenvalue weighted by atomic mass is 35.5. The van der Waals surface area contributed by atoms with E-state index in [1.165, 1.54) is 66.1 Å². The Morgan fingerprint density at radius 1 is 0.636 bits per heavy atom. The first-order chi connectivity index (χ1) is 16.0. The molecule has 0 aliphatic heterocycles. The zero-order valence-corrected chi connectivity index (χ0v) is 19.0. The third-order valence-electron chi connectivity index (χ3n) is 7.82. The van der Waals surface area contributed by atoms with Crippen molar-refractivity contribution in [3.63, 3.8) is 0 Å². The number of rotatable bonds is 0. The van der Waals surface area contributed by atoms with Crippen molar-refractivity contribution >= 4 is 44.3 Å². The topological polar surface area (TPSA) is 13.1 Å². The second kappa shape index (κ2) is 5.68. The quantitative estimate of drug-likeness (QED) is 0.228. The average molecular weight is 443 g/mol. The summed E-state index contributed by atoms with van der Waals surface area (Å²) in [6.07, 6.45) is 0. The molecule has 2 aliphatic rings. The van der Waals surface area contributed by atoms with Crippen molar-refractivity contribution in [1.29, 1.82) is 0 Å². The second-order valence-electron chi connectivity index (χ2n) is 9.85. The Hall–Kier alpha value is -3.55. The monoisotopic (exact) mass is 442 g/mol. The van der Waals surface area contributed by atoms with Crippen LogP contribution in [0.25, 0.3) is 66.1 Å². The Bertz CT molecular complexity index is 1850. The summed E-state index contributed by atoms with van der Waals surface area (Å²) in [6, 6.07) is 28.3. The van der Waals surface area contributed by atoms with Gasteiger partial charge in [0.2, 0.25) is 0 Å². The molecule has 0 fully saturated rings. The molecule has 0 radical (unpaired) electrons. The van der Waals surface area contributed by atoms with Crippen molar-refractivity contribution in [2.24, 2.45) is 0 Å². The molecule has 0 atom stereocenters. The SMILES string of the molecule is CC1(C)c2ccccc2-c2cc3ccc4oc5cccc6c5c4c3c(c21)-c1ccc(Cl)cc1-6. The van der Waals surface area contributed by atoms with Crippen LogP contribution in [0, 0.1) is 0 Å². The summed E-state index contributed by atoms with van der Waals surface area (Å²) in [5.74, 6) is 0. The molecule has 0 saturated carbocycles. The lowest BCUT2D eigenvalue weighted by Gasteiger charge is -2.26. The third-order valence-corrected chi connectivity index (χ3v) is 8.06. The van der Waals surface area contributed by atoms with E-state index in [9.17, 15) is 0 Å². The van der Waals surface area contributed by atoms with Crippen LogP contribution in [0.3, 0.4) is 0 Å². The molecule has 0 spiro atoms. The van der Waals surface area contributed by atoms with E-state index < -0.39 is 0 Å². The molecule has 1 aromatic heterocycles. The Labute approximate surface area is 196 Å². The van der Waals surface area contributed by atoms with Crippen molar-refractivity contribution in [3.05, 3.63) is 95.0 Å². The number of fused-ring (bicyclic) bond motifs is 7. The van der Waals surface area contributed by atoms with Gasteiger partial charge in [0.15, 0.2) is 0 Å². The Balaban J connectivity index is 1.72. The predicted octanol–water partition coefficient (Wildman–Crippen LogP) is 9.35. The van der Waals surface area contributed by atoms with Crippen LogP contribution in [0.15, 0.2) is 83.3 Å². The van der Waals surface area contributed by atoms with Crippen molar-refractivity contribution in [1.82, 2.24) is 0 Å². The summed E-state index contributed by atoms with van der Waals surface area (Å²) < 4.78 is 6.38. The largest absolute Gasteiger partial charge is 0.456 e. The van der Waals surface area contributed by atoms with Crippen molar-refractivity contribution in [3.8, 4) is 33.4 Å². The molecule has 6 aromatic rings. The van der Waals surface area contributed by atoms with Crippen LogP contribution in [0.4, 0.5) is 0 Å². The Morgan fingerprint density at radius 2 is 1.45 bits per heavy atom. The first-order valence-electron chi connectivity index (χ1n) is 11.4. The van der Waals surface area contributed by atoms with Gasteiger partial charge < -0.3 is 4.42 Å². The molecular weight excluding hydrogens is 424 g/mol. The summed E-state index contributed by atoms with van der Waals surface area (Å²) >= 11 is 6.58. The summed E-state index contributed by atoms with van der Waals surface area (Å²) in [6.45, 7) is 4.72. The maximum atomic E-state index is 6.58. The van der Waals surface area contributed by atoms with Crippen LogP contribution in [-0.4, -0.2) is 0 Å². The van der Waals surface area contributed by atoms with Gasteiger partial charge in [0, 0.05) is 26.6 Å². The van der Waals surface area contributed by atoms with Gasteiger partial charge in [-0.1, -0.05) is 74.0 Å². The first-order valence-corrected chi connectivity index (χ1v) is 11.8. The average Bonchev–Trinajstić information content (AvgIpc) is 3.26. The molecule has 0 unspecified atom stereocenters. The standard InChI is InChI=1S/C31H19ClO/c1-31(2)23-8-4-3-6-18(23)22-14-16-10-13-25-29-26(16)28(30(22)31)20-12-11-17(32)15-21(20)19-7-5-9-24(33-25)27(19)29/h3-15H,1-2H3. The van der Waals surface area contributed by atoms with Gasteiger partial charge in [-0.2, -0.15) is 0 Å². The van der Waals surface area contributed by atoms with E-state index in [0.29, 0.717) is 0 Å². The predicted molar refractivity (Wildman–Crippen MR) is 138 cm³/mol. The van der Waals surface area contributed by atoms with Gasteiger partial charge in [0.25, 0.3) is 0 Å². The zero-order chi connectivity index (χ0) is 22.1. The number of hydrogen-bond acceptors (Lipinski definition) is 1. The van der Waals surface area contributed by atoms with Crippen LogP contribution in [0.5, 0.6) is 0 Å². The van der Waals surface area contributed by atoms with Gasteiger partial charge in [-0.25, -0.2) is 0 Å². The Kier molecular flexibility index (Phi) is 3.09. The van der Waals surface area contributed by atoms with Crippen molar-refractivity contribution in [2.75, 3.05) is 0 Å². The number of hydrogen-bond donors (Lipinski definition) is 0. The van der Waals surface area contributed by atoms with Gasteiger partial charge in [-0.05, 0) is 80.2 Å². The molecular formula is C31H19ClO. The summed E-state index contributed by atoms with van der Waals surface area (Å²) in [7, 11) is 0. The maximum absolute atomic E-state index is 6.58. The van der Waals surface area contributed by atoms with E-state index in [0.717, 1.165) is 16.2 Å². The van der Waals surface area contributed by atoms with E-state index in [1.807, 2.05) is 6.07 Å². The van der Waals surface area contributed by atoms with E-state index in [-0.39, 0.29) is 5.41 Å². The molecule has 0 bridgehead atoms. The summed E-state index contributed by atoms with van der Waals surface area (Å²) in [5.41, 5.74) is 12.1. The molecule has 2 aliphatic carbocycles. The summed E-state index contributed by atoms with van der Waals surface area (Å²) in [4.78, 5) is 0. The highest BCUT2D eigenvalue weighted by Crippen LogP contribution is 2.58. The van der Waals surface area contributed by atoms with Gasteiger partial charge in [-0.15, -0.1) is 0 Å². The molecule has 5 aromatic carbocycles. The van der Waals surface area contributed by atoms with E-state index >= 15 is 0 Å². The zero-order valence-electron chi connectivity index (χ0n) is 18.3. The van der Waals surface area contributed by atoms with Crippen LogP contribution < -0.4 is 0 Å². The highest BCUT2D eigenvalue weighted by molar-refractivity contribution is 6.33. The van der Waals surface area contributed by atoms with Gasteiger partial charge in [0.05, 0.1) is 0 Å². The fourth-order valence-electron chi connectivity index (χ4n) is 6.51. The van der Waals surface area contributed by atoms with Crippen molar-refractivity contribution < 1.29 is 4.42 Å². The summed E-state index contributed by atoms with van der Waals surface area (Å²) in [5, 5.41) is 5.70. The number of halogens is 1. The molecule has 156 valence electrons. The molecule has 1 heterocycles. The number of furan rings is 1. The van der Waals surface area contributed by atoms with E-state index in [1.54, 1.807) is 0 Å². The maximum Gasteiger partial charge on any atom is 0.136 e. The minimum Gasteiger partial charge on any atom is -0.456 e. The second-order valence-corrected chi connectivity index (χ2v) is 10.3. The lowest BCUT2D eigenvalue weighted by atomic mass is 9.76. The van der Waals surface area contributed by atoms with Gasteiger partial charge in [-0.3, -0.25) is 0 Å². The molecule has 0 amide bonds. The fraction of sp³-hybridized carbons (Fsp3) is 0.0968. The van der Waals surface area contributed by atoms with E-state index in [2.05, 4.69) is 86.6 Å². The van der Waals surface area contributed by atoms with Gasteiger partial charge >= 0.3 is 0 Å². The molecule has 33 heavy (non-hydrogen) atoms. The molecule has 1 nitrogen and oxygen atoms in total. The van der Waals surface area contributed by atoms with E-state index in [4.69, 9.17) is 16.0 Å². The smallest absolute Gasteiger partial charge is 0.136 e. The van der Waals surface area contributed by atoms with Crippen LogP contribution in [-0.2, 0) is 5.41 Å². The molecule has 2 heteroatoms. The van der Waals surface area contributed by atoms with Gasteiger partial charge in [0.1, 0.15) is 11.2 Å². The first kappa shape index (κ1) is 17.9. The molecule has 0 saturated heterocycles. The third kappa shape index (κ3) is 2.01. The normalized spacial score (nSPS) is 14.8. The minimum absolute atomic E-state index is 0.117.